The highest BCUT2D eigenvalue weighted by molar-refractivity contribution is 9.10. The van der Waals surface area contributed by atoms with Gasteiger partial charge in [0.05, 0.1) is 6.54 Å². The van der Waals surface area contributed by atoms with Crippen LogP contribution >= 0.6 is 15.9 Å². The van der Waals surface area contributed by atoms with Crippen LogP contribution in [0.4, 0.5) is 5.69 Å². The van der Waals surface area contributed by atoms with Crippen molar-refractivity contribution < 1.29 is 14.6 Å². The van der Waals surface area contributed by atoms with Crippen molar-refractivity contribution in [2.75, 3.05) is 25.1 Å². The molecule has 1 aromatic rings. The maximum Gasteiger partial charge on any atom is 0.206 e. The fourth-order valence-corrected chi connectivity index (χ4v) is 2.12. The molecule has 2 N–H and O–H groups in total. The van der Waals surface area contributed by atoms with E-state index in [-0.39, 0.29) is 6.54 Å². The molecule has 0 aromatic heterocycles. The van der Waals surface area contributed by atoms with Crippen molar-refractivity contribution in [3.8, 4) is 0 Å². The lowest BCUT2D eigenvalue weighted by molar-refractivity contribution is -0.274. The van der Waals surface area contributed by atoms with Gasteiger partial charge in [0.25, 0.3) is 0 Å². The predicted octanol–water partition coefficient (Wildman–Crippen LogP) is 2.97. The van der Waals surface area contributed by atoms with Gasteiger partial charge in [-0.3, -0.25) is 0 Å². The van der Waals surface area contributed by atoms with Crippen LogP contribution in [0.1, 0.15) is 20.8 Å². The quantitative estimate of drug-likeness (QED) is 0.568. The van der Waals surface area contributed by atoms with E-state index in [2.05, 4.69) is 21.2 Å². The highest BCUT2D eigenvalue weighted by Crippen LogP contribution is 2.33. The molecule has 19 heavy (non-hydrogen) atoms. The van der Waals surface area contributed by atoms with Gasteiger partial charge in [-0.15, -0.1) is 0 Å². The fraction of sp³-hybridized carbons (Fsp3) is 0.571. The van der Waals surface area contributed by atoms with Crippen LogP contribution in [0.3, 0.4) is 0 Å². The number of ether oxygens (including phenoxy) is 2. The van der Waals surface area contributed by atoms with Crippen molar-refractivity contribution in [3.63, 3.8) is 0 Å². The predicted molar refractivity (Wildman–Crippen MR) is 80.5 cm³/mol. The molecule has 0 radical (unpaired) electrons. The Labute approximate surface area is 123 Å². The second-order valence-electron chi connectivity index (χ2n) is 4.29. The zero-order valence-electron chi connectivity index (χ0n) is 11.6. The standard InChI is InChI=1S/C14H22BrNO3/c1-4-18-13(3,19-5-2)14(15,17)11-16-12-9-7-6-8-10-12/h6-10,16-17H,4-5,11H2,1-3H3. The molecule has 0 aliphatic heterocycles. The molecule has 1 aromatic carbocycles. The molecule has 4 nitrogen and oxygen atoms in total. The van der Waals surface area contributed by atoms with Crippen LogP contribution < -0.4 is 5.32 Å². The van der Waals surface area contributed by atoms with E-state index >= 15 is 0 Å². The lowest BCUT2D eigenvalue weighted by Crippen LogP contribution is -2.55. The van der Waals surface area contributed by atoms with E-state index in [0.717, 1.165) is 5.69 Å². The Bertz CT molecular complexity index is 364. The molecule has 5 heteroatoms. The molecular weight excluding hydrogens is 310 g/mol. The molecule has 1 atom stereocenters. The number of nitrogens with one attached hydrogen (secondary N) is 1. The van der Waals surface area contributed by atoms with Crippen molar-refractivity contribution in [3.05, 3.63) is 30.3 Å². The molecule has 0 aliphatic carbocycles. The Kier molecular flexibility index (Phi) is 6.26. The summed E-state index contributed by atoms with van der Waals surface area (Å²) in [6.07, 6.45) is 0. The van der Waals surface area contributed by atoms with E-state index < -0.39 is 10.3 Å². The number of rotatable bonds is 8. The van der Waals surface area contributed by atoms with Crippen molar-refractivity contribution in [1.29, 1.82) is 0 Å². The Morgan fingerprint density at radius 2 is 1.68 bits per heavy atom. The summed E-state index contributed by atoms with van der Waals surface area (Å²) in [5.74, 6) is -1.11. The van der Waals surface area contributed by atoms with Crippen LogP contribution in [-0.2, 0) is 9.47 Å². The number of anilines is 1. The molecule has 0 saturated heterocycles. The summed E-state index contributed by atoms with van der Waals surface area (Å²) in [5.41, 5.74) is 0.927. The first-order chi connectivity index (χ1) is 8.95. The number of hydrogen-bond donors (Lipinski definition) is 2. The van der Waals surface area contributed by atoms with Crippen molar-refractivity contribution in [1.82, 2.24) is 0 Å². The molecule has 108 valence electrons. The van der Waals surface area contributed by atoms with Crippen LogP contribution in [0.15, 0.2) is 30.3 Å². The van der Waals surface area contributed by atoms with E-state index in [1.165, 1.54) is 0 Å². The van der Waals surface area contributed by atoms with Gasteiger partial charge < -0.3 is 19.9 Å². The van der Waals surface area contributed by atoms with E-state index in [9.17, 15) is 5.11 Å². The SMILES string of the molecule is CCOC(C)(OCC)C(O)(Br)CNc1ccccc1. The first kappa shape index (κ1) is 16.4. The zero-order valence-corrected chi connectivity index (χ0v) is 13.2. The largest absolute Gasteiger partial charge is 0.381 e. The van der Waals surface area contributed by atoms with Crippen LogP contribution in [0.5, 0.6) is 0 Å². The van der Waals surface area contributed by atoms with Crippen LogP contribution in [-0.4, -0.2) is 35.2 Å². The minimum atomic E-state index is -1.33. The third kappa shape index (κ3) is 4.45. The summed E-state index contributed by atoms with van der Waals surface area (Å²) in [6, 6.07) is 9.67. The van der Waals surface area contributed by atoms with E-state index in [1.54, 1.807) is 6.92 Å². The molecule has 0 heterocycles. The summed E-state index contributed by atoms with van der Waals surface area (Å²) in [7, 11) is 0. The molecule has 1 rings (SSSR count). The number of hydrogen-bond acceptors (Lipinski definition) is 4. The van der Waals surface area contributed by atoms with Gasteiger partial charge in [-0.1, -0.05) is 18.2 Å². The highest BCUT2D eigenvalue weighted by atomic mass is 79.9. The second kappa shape index (κ2) is 7.24. The average Bonchev–Trinajstić information content (AvgIpc) is 2.38. The van der Waals surface area contributed by atoms with Gasteiger partial charge in [0.2, 0.25) is 5.79 Å². The van der Waals surface area contributed by atoms with E-state index in [4.69, 9.17) is 9.47 Å². The highest BCUT2D eigenvalue weighted by Gasteiger charge is 2.47. The van der Waals surface area contributed by atoms with Crippen LogP contribution in [0.2, 0.25) is 0 Å². The minimum Gasteiger partial charge on any atom is -0.381 e. The Morgan fingerprint density at radius 1 is 1.16 bits per heavy atom. The number of benzene rings is 1. The first-order valence-corrected chi connectivity index (χ1v) is 7.22. The number of halogens is 1. The van der Waals surface area contributed by atoms with Crippen molar-refractivity contribution in [2.24, 2.45) is 0 Å². The molecule has 0 saturated carbocycles. The van der Waals surface area contributed by atoms with Gasteiger partial charge in [-0.25, -0.2) is 0 Å². The monoisotopic (exact) mass is 331 g/mol. The van der Waals surface area contributed by atoms with Gasteiger partial charge in [-0.2, -0.15) is 0 Å². The van der Waals surface area contributed by atoms with Gasteiger partial charge in [-0.05, 0) is 48.8 Å². The smallest absolute Gasteiger partial charge is 0.206 e. The molecule has 1 unspecified atom stereocenters. The van der Waals surface area contributed by atoms with Crippen molar-refractivity contribution in [2.45, 2.75) is 31.1 Å². The Hall–Kier alpha value is -0.620. The molecule has 0 spiro atoms. The Balaban J connectivity index is 2.71. The van der Waals surface area contributed by atoms with Crippen LogP contribution in [0, 0.1) is 0 Å². The summed E-state index contributed by atoms with van der Waals surface area (Å²) < 4.78 is 9.80. The molecule has 0 fully saturated rings. The van der Waals surface area contributed by atoms with Crippen molar-refractivity contribution >= 4 is 21.6 Å². The number of alkyl halides is 1. The first-order valence-electron chi connectivity index (χ1n) is 6.43. The van der Waals surface area contributed by atoms with Gasteiger partial charge in [0.1, 0.15) is 0 Å². The third-order valence-corrected chi connectivity index (χ3v) is 3.84. The van der Waals surface area contributed by atoms with Crippen LogP contribution in [0.25, 0.3) is 0 Å². The summed E-state index contributed by atoms with van der Waals surface area (Å²) in [4.78, 5) is 0. The fourth-order valence-electron chi connectivity index (χ4n) is 1.75. The summed E-state index contributed by atoms with van der Waals surface area (Å²) in [6.45, 7) is 6.62. The Morgan fingerprint density at radius 3 is 2.16 bits per heavy atom. The number of aliphatic hydroxyl groups is 1. The van der Waals surface area contributed by atoms with Gasteiger partial charge >= 0.3 is 0 Å². The molecule has 0 aliphatic rings. The topological polar surface area (TPSA) is 50.7 Å². The summed E-state index contributed by atoms with van der Waals surface area (Å²) >= 11 is 3.31. The molecule has 0 amide bonds. The zero-order chi connectivity index (χ0) is 14.4. The third-order valence-electron chi connectivity index (χ3n) is 2.84. The second-order valence-corrected chi connectivity index (χ2v) is 5.60. The summed E-state index contributed by atoms with van der Waals surface area (Å²) in [5, 5.41) is 13.7. The minimum absolute atomic E-state index is 0.257. The average molecular weight is 332 g/mol. The maximum atomic E-state index is 10.6. The van der Waals surface area contributed by atoms with Gasteiger partial charge in [0, 0.05) is 18.9 Å². The molecule has 0 bridgehead atoms. The number of para-hydroxylation sites is 1. The van der Waals surface area contributed by atoms with Gasteiger partial charge in [0.15, 0.2) is 4.51 Å². The molecular formula is C14H22BrNO3. The normalized spacial score (nSPS) is 15.0. The van der Waals surface area contributed by atoms with E-state index in [0.29, 0.717) is 13.2 Å². The lowest BCUT2D eigenvalue weighted by Gasteiger charge is -2.40. The maximum absolute atomic E-state index is 10.6. The van der Waals surface area contributed by atoms with E-state index in [1.807, 2.05) is 44.2 Å². The lowest BCUT2D eigenvalue weighted by atomic mass is 10.1.